The molecule has 1 saturated heterocycles. The molecule has 34 heavy (non-hydrogen) atoms. The molecule has 0 amide bonds. The zero-order valence-electron chi connectivity index (χ0n) is 24.3. The van der Waals surface area contributed by atoms with Gasteiger partial charge in [-0.3, -0.25) is 0 Å². The smallest absolute Gasteiger partial charge is 0.0331 e. The van der Waals surface area contributed by atoms with Crippen molar-refractivity contribution in [2.45, 2.75) is 102 Å². The van der Waals surface area contributed by atoms with E-state index < -0.39 is 0 Å². The number of rotatable bonds is 0. The lowest BCUT2D eigenvalue weighted by Gasteiger charge is -2.35. The Bertz CT molecular complexity index is 504. The van der Waals surface area contributed by atoms with Gasteiger partial charge in [-0.25, -0.2) is 0 Å². The fourth-order valence-corrected chi connectivity index (χ4v) is 8.46. The quantitative estimate of drug-likeness (QED) is 0.262. The van der Waals surface area contributed by atoms with Crippen LogP contribution >= 0.6 is 43.2 Å². The average Bonchev–Trinajstić information content (AvgIpc) is 2.63. The van der Waals surface area contributed by atoms with Gasteiger partial charge in [0, 0.05) is 71.3 Å². The van der Waals surface area contributed by atoms with E-state index in [2.05, 4.69) is 104 Å². The van der Waals surface area contributed by atoms with Crippen molar-refractivity contribution in [2.24, 2.45) is 10.8 Å². The van der Waals surface area contributed by atoms with Crippen LogP contribution in [0.4, 0.5) is 0 Å². The normalized spacial score (nSPS) is 29.3. The monoisotopic (exact) mass is 552 g/mol. The van der Waals surface area contributed by atoms with Gasteiger partial charge in [0.1, 0.15) is 0 Å². The lowest BCUT2D eigenvalue weighted by Crippen LogP contribution is -2.45. The minimum atomic E-state index is 0.189. The number of nitrogens with one attached hydrogen (secondary N) is 4. The predicted octanol–water partition coefficient (Wildman–Crippen LogP) is 6.29. The second-order valence-corrected chi connectivity index (χ2v) is 21.2. The summed E-state index contributed by atoms with van der Waals surface area (Å²) in [4.78, 5) is 0. The van der Waals surface area contributed by atoms with E-state index in [9.17, 15) is 0 Å². The lowest BCUT2D eigenvalue weighted by molar-refractivity contribution is 0.313. The molecule has 8 heteroatoms. The molecule has 4 nitrogen and oxygen atoms in total. The Morgan fingerprint density at radius 3 is 0.676 bits per heavy atom. The van der Waals surface area contributed by atoms with Crippen molar-refractivity contribution in [1.82, 2.24) is 21.3 Å². The summed E-state index contributed by atoms with van der Waals surface area (Å²) < 4.78 is 0.755. The highest BCUT2D eigenvalue weighted by molar-refractivity contribution is 8.78. The van der Waals surface area contributed by atoms with Gasteiger partial charge in [-0.05, 0) is 66.2 Å². The van der Waals surface area contributed by atoms with Gasteiger partial charge in [-0.1, -0.05) is 70.9 Å². The lowest BCUT2D eigenvalue weighted by atomic mass is 9.93. The molecular weight excluding hydrogens is 497 g/mol. The van der Waals surface area contributed by atoms with E-state index in [1.807, 2.05) is 43.2 Å². The van der Waals surface area contributed by atoms with Crippen molar-refractivity contribution in [3.8, 4) is 0 Å². The molecule has 0 aromatic rings. The summed E-state index contributed by atoms with van der Waals surface area (Å²) >= 11 is 0. The van der Waals surface area contributed by atoms with E-state index in [1.54, 1.807) is 0 Å². The summed E-state index contributed by atoms with van der Waals surface area (Å²) in [5.41, 5.74) is 0.440. The fourth-order valence-electron chi connectivity index (χ4n) is 3.50. The topological polar surface area (TPSA) is 48.1 Å². The van der Waals surface area contributed by atoms with E-state index in [0.29, 0.717) is 0 Å². The molecule has 1 rings (SSSR count). The summed E-state index contributed by atoms with van der Waals surface area (Å²) in [6, 6.07) is 0. The molecule has 1 heterocycles. The van der Waals surface area contributed by atoms with Crippen LogP contribution in [0, 0.1) is 10.8 Å². The first-order valence-electron chi connectivity index (χ1n) is 12.8. The Labute approximate surface area is 228 Å². The molecule has 0 saturated carbocycles. The third kappa shape index (κ3) is 15.5. The molecule has 0 aliphatic carbocycles. The molecule has 1 aliphatic heterocycles. The van der Waals surface area contributed by atoms with E-state index in [1.165, 1.54) is 0 Å². The second kappa shape index (κ2) is 13.3. The van der Waals surface area contributed by atoms with Crippen LogP contribution in [0.1, 0.15) is 83.1 Å². The summed E-state index contributed by atoms with van der Waals surface area (Å²) in [6.45, 7) is 36.5. The first kappa shape index (κ1) is 33.3. The van der Waals surface area contributed by atoms with Crippen LogP contribution < -0.4 is 21.3 Å². The maximum atomic E-state index is 3.77. The highest BCUT2D eigenvalue weighted by Crippen LogP contribution is 2.44. The van der Waals surface area contributed by atoms with E-state index in [0.717, 1.165) is 52.4 Å². The van der Waals surface area contributed by atoms with Crippen molar-refractivity contribution in [2.75, 3.05) is 52.4 Å². The van der Waals surface area contributed by atoms with Gasteiger partial charge >= 0.3 is 0 Å². The molecule has 0 aromatic carbocycles. The first-order chi connectivity index (χ1) is 15.2. The van der Waals surface area contributed by atoms with Gasteiger partial charge in [0.15, 0.2) is 0 Å². The van der Waals surface area contributed by atoms with Crippen molar-refractivity contribution in [3.63, 3.8) is 0 Å². The van der Waals surface area contributed by atoms with Crippen LogP contribution in [0.15, 0.2) is 0 Å². The van der Waals surface area contributed by atoms with Crippen LogP contribution in [0.2, 0.25) is 0 Å². The maximum Gasteiger partial charge on any atom is 0.0331 e. The van der Waals surface area contributed by atoms with Crippen LogP contribution in [-0.2, 0) is 0 Å². The van der Waals surface area contributed by atoms with Crippen LogP contribution in [0.3, 0.4) is 0 Å². The average molecular weight is 553 g/mol. The largest absolute Gasteiger partial charge is 0.315 e. The molecule has 4 N–H and O–H groups in total. The predicted molar refractivity (Wildman–Crippen MR) is 166 cm³/mol. The first-order valence-corrected chi connectivity index (χ1v) is 17.1. The van der Waals surface area contributed by atoms with Crippen molar-refractivity contribution in [3.05, 3.63) is 0 Å². The Morgan fingerprint density at radius 2 is 0.500 bits per heavy atom. The molecule has 0 atom stereocenters. The van der Waals surface area contributed by atoms with Crippen molar-refractivity contribution >= 4 is 43.2 Å². The molecule has 0 bridgehead atoms. The third-order valence-electron chi connectivity index (χ3n) is 5.60. The summed E-state index contributed by atoms with van der Waals surface area (Å²) in [5.74, 6) is 0. The summed E-state index contributed by atoms with van der Waals surface area (Å²) in [6.07, 6.45) is 0. The van der Waals surface area contributed by atoms with E-state index >= 15 is 0 Å². The third-order valence-corrected chi connectivity index (χ3v) is 14.1. The second-order valence-electron chi connectivity index (χ2n) is 14.1. The van der Waals surface area contributed by atoms with Crippen LogP contribution in [0.5, 0.6) is 0 Å². The SMILES string of the molecule is CC1(C)CNCC(C)(C)SSC(C)(C)CNCC(C)(C)CNCC(C)(C)SSC(C)(C)CNC1. The van der Waals surface area contributed by atoms with Gasteiger partial charge in [0.2, 0.25) is 0 Å². The van der Waals surface area contributed by atoms with Crippen molar-refractivity contribution in [1.29, 1.82) is 0 Å². The van der Waals surface area contributed by atoms with Gasteiger partial charge < -0.3 is 21.3 Å². The minimum Gasteiger partial charge on any atom is -0.315 e. The molecule has 1 fully saturated rings. The fraction of sp³-hybridized carbons (Fsp3) is 1.00. The minimum absolute atomic E-state index is 0.189. The van der Waals surface area contributed by atoms with Gasteiger partial charge in [-0.15, -0.1) is 0 Å². The molecule has 0 unspecified atom stereocenters. The maximum absolute atomic E-state index is 3.77. The molecule has 1 aliphatic rings. The summed E-state index contributed by atoms with van der Waals surface area (Å²) in [7, 11) is 8.08. The van der Waals surface area contributed by atoms with Gasteiger partial charge in [0.25, 0.3) is 0 Å². The van der Waals surface area contributed by atoms with Gasteiger partial charge in [0.05, 0.1) is 0 Å². The molecule has 0 radical (unpaired) electrons. The van der Waals surface area contributed by atoms with Crippen LogP contribution in [-0.4, -0.2) is 71.3 Å². The zero-order chi connectivity index (χ0) is 26.3. The van der Waals surface area contributed by atoms with Crippen LogP contribution in [0.25, 0.3) is 0 Å². The van der Waals surface area contributed by atoms with Gasteiger partial charge in [-0.2, -0.15) is 0 Å². The Morgan fingerprint density at radius 1 is 0.324 bits per heavy atom. The molecule has 204 valence electrons. The standard InChI is InChI=1S/C26H56N4S4/c1-21(2)13-27-17-23(5,6)31-33-25(9,10)19-29-15-22(3,4)16-30-20-26(11,12)34-32-24(7,8)18-28-14-21/h27-30H,13-20H2,1-12H3. The number of hydrogen-bond donors (Lipinski definition) is 4. The summed E-state index contributed by atoms with van der Waals surface area (Å²) in [5, 5.41) is 15.1. The highest BCUT2D eigenvalue weighted by Gasteiger charge is 2.30. The van der Waals surface area contributed by atoms with E-state index in [-0.39, 0.29) is 29.8 Å². The Balaban J connectivity index is 2.83. The highest BCUT2D eigenvalue weighted by atomic mass is 33.1. The Kier molecular flexibility index (Phi) is 13.1. The molecule has 0 aromatic heterocycles. The number of hydrogen-bond acceptors (Lipinski definition) is 8. The molecule has 0 spiro atoms. The Hall–Kier alpha value is 1.24. The molecular formula is C26H56N4S4. The van der Waals surface area contributed by atoms with Crippen molar-refractivity contribution < 1.29 is 0 Å². The zero-order valence-corrected chi connectivity index (χ0v) is 27.6. The van der Waals surface area contributed by atoms with E-state index in [4.69, 9.17) is 0 Å².